The number of amidine groups is 1. The highest BCUT2D eigenvalue weighted by atomic mass is 35.5. The molecule has 1 aromatic rings. The highest BCUT2D eigenvalue weighted by Crippen LogP contribution is 2.49. The monoisotopic (exact) mass is 363 g/mol. The highest BCUT2D eigenvalue weighted by molar-refractivity contribution is 6.36. The molecular weight excluding hydrogens is 338 g/mol. The number of halogens is 1. The Balaban J connectivity index is 2.10. The van der Waals surface area contributed by atoms with E-state index in [0.717, 1.165) is 0 Å². The number of carbonyl (C=O) groups excluding carboxylic acids is 1. The molecular formula is C19H26ClN3O2. The van der Waals surface area contributed by atoms with Gasteiger partial charge in [-0.05, 0) is 46.9 Å². The van der Waals surface area contributed by atoms with Crippen molar-refractivity contribution in [1.29, 1.82) is 0 Å². The SMILES string of the molecule is CN=C1N(c2ccccc2Cl)C(=O)OC12CC(C)(C)N(C)C(C)(C)C2. The molecule has 2 heterocycles. The lowest BCUT2D eigenvalue weighted by Gasteiger charge is -2.56. The molecule has 0 aliphatic carbocycles. The van der Waals surface area contributed by atoms with Gasteiger partial charge in [-0.1, -0.05) is 23.7 Å². The number of para-hydroxylation sites is 1. The van der Waals surface area contributed by atoms with Crippen molar-refractivity contribution >= 4 is 29.2 Å². The van der Waals surface area contributed by atoms with Crippen molar-refractivity contribution in [3.63, 3.8) is 0 Å². The molecule has 2 fully saturated rings. The van der Waals surface area contributed by atoms with Crippen LogP contribution in [0.3, 0.4) is 0 Å². The molecule has 1 spiro atoms. The summed E-state index contributed by atoms with van der Waals surface area (Å²) in [7, 11) is 3.83. The number of nitrogens with zero attached hydrogens (tertiary/aromatic N) is 3. The highest BCUT2D eigenvalue weighted by Gasteiger charge is 2.61. The lowest BCUT2D eigenvalue weighted by atomic mass is 9.70. The number of hydrogen-bond acceptors (Lipinski definition) is 4. The molecule has 0 unspecified atom stereocenters. The van der Waals surface area contributed by atoms with Crippen LogP contribution in [0.1, 0.15) is 40.5 Å². The Kier molecular flexibility index (Phi) is 4.16. The molecule has 2 aliphatic heterocycles. The van der Waals surface area contributed by atoms with E-state index in [-0.39, 0.29) is 11.1 Å². The van der Waals surface area contributed by atoms with Gasteiger partial charge in [0, 0.05) is 31.0 Å². The van der Waals surface area contributed by atoms with Crippen LogP contribution in [0.15, 0.2) is 29.3 Å². The Morgan fingerprint density at radius 2 is 1.68 bits per heavy atom. The predicted molar refractivity (Wildman–Crippen MR) is 102 cm³/mol. The number of rotatable bonds is 1. The normalized spacial score (nSPS) is 26.3. The summed E-state index contributed by atoms with van der Waals surface area (Å²) in [4.78, 5) is 21.2. The first kappa shape index (κ1) is 18.2. The fourth-order valence-electron chi connectivity index (χ4n) is 4.44. The molecule has 1 amide bonds. The van der Waals surface area contributed by atoms with Crippen LogP contribution in [0.4, 0.5) is 10.5 Å². The number of carbonyl (C=O) groups is 1. The molecule has 25 heavy (non-hydrogen) atoms. The van der Waals surface area contributed by atoms with Crippen LogP contribution in [0.5, 0.6) is 0 Å². The van der Waals surface area contributed by atoms with Crippen LogP contribution in [0, 0.1) is 0 Å². The van der Waals surface area contributed by atoms with Crippen molar-refractivity contribution in [2.24, 2.45) is 4.99 Å². The van der Waals surface area contributed by atoms with E-state index in [9.17, 15) is 4.79 Å². The minimum absolute atomic E-state index is 0.144. The van der Waals surface area contributed by atoms with Gasteiger partial charge >= 0.3 is 6.09 Å². The number of benzene rings is 1. The van der Waals surface area contributed by atoms with Crippen molar-refractivity contribution in [2.75, 3.05) is 19.0 Å². The van der Waals surface area contributed by atoms with Gasteiger partial charge in [0.05, 0.1) is 10.7 Å². The number of ether oxygens (including phenoxy) is 1. The van der Waals surface area contributed by atoms with Gasteiger partial charge in [-0.3, -0.25) is 9.89 Å². The Morgan fingerprint density at radius 3 is 2.20 bits per heavy atom. The van der Waals surface area contributed by atoms with Gasteiger partial charge in [-0.2, -0.15) is 0 Å². The summed E-state index contributed by atoms with van der Waals surface area (Å²) >= 11 is 6.34. The molecule has 0 N–H and O–H groups in total. The lowest BCUT2D eigenvalue weighted by Crippen LogP contribution is -2.66. The second-order valence-electron chi connectivity index (χ2n) is 8.23. The first-order valence-electron chi connectivity index (χ1n) is 8.53. The topological polar surface area (TPSA) is 45.1 Å². The van der Waals surface area contributed by atoms with Crippen molar-refractivity contribution < 1.29 is 9.53 Å². The van der Waals surface area contributed by atoms with E-state index in [0.29, 0.717) is 29.4 Å². The predicted octanol–water partition coefficient (Wildman–Crippen LogP) is 4.35. The van der Waals surface area contributed by atoms with Crippen molar-refractivity contribution in [3.05, 3.63) is 29.3 Å². The van der Waals surface area contributed by atoms with E-state index < -0.39 is 11.7 Å². The molecule has 0 radical (unpaired) electrons. The molecule has 2 aliphatic rings. The Bertz CT molecular complexity index is 724. The summed E-state index contributed by atoms with van der Waals surface area (Å²) in [6, 6.07) is 7.28. The zero-order valence-corrected chi connectivity index (χ0v) is 16.5. The van der Waals surface area contributed by atoms with E-state index >= 15 is 0 Å². The average molecular weight is 364 g/mol. The smallest absolute Gasteiger partial charge is 0.421 e. The van der Waals surface area contributed by atoms with Gasteiger partial charge < -0.3 is 4.74 Å². The molecule has 0 aromatic heterocycles. The molecule has 1 aromatic carbocycles. The third-order valence-electron chi connectivity index (χ3n) is 5.64. The van der Waals surface area contributed by atoms with Crippen molar-refractivity contribution in [3.8, 4) is 0 Å². The fourth-order valence-corrected chi connectivity index (χ4v) is 4.67. The number of aliphatic imine (C=N–C) groups is 1. The maximum atomic E-state index is 12.8. The molecule has 0 atom stereocenters. The summed E-state index contributed by atoms with van der Waals surface area (Å²) in [5, 5.41) is 0.504. The van der Waals surface area contributed by atoms with E-state index in [1.54, 1.807) is 13.1 Å². The number of amides is 1. The number of hydrogen-bond donors (Lipinski definition) is 0. The van der Waals surface area contributed by atoms with Gasteiger partial charge in [0.1, 0.15) is 0 Å². The van der Waals surface area contributed by atoms with Gasteiger partial charge in [0.25, 0.3) is 0 Å². The molecule has 5 nitrogen and oxygen atoms in total. The maximum Gasteiger partial charge on any atom is 0.421 e. The Hall–Kier alpha value is -1.59. The standard InChI is InChI=1S/C19H26ClN3O2/c1-17(2)11-19(12-18(3,4)22(17)6)15(21-5)23(16(24)25-19)14-10-8-7-9-13(14)20/h7-10H,11-12H2,1-6H3. The molecule has 2 saturated heterocycles. The zero-order chi connectivity index (χ0) is 18.6. The van der Waals surface area contributed by atoms with E-state index in [4.69, 9.17) is 16.3 Å². The average Bonchev–Trinajstić information content (AvgIpc) is 2.75. The maximum absolute atomic E-state index is 12.8. The van der Waals surface area contributed by atoms with Crippen molar-refractivity contribution in [1.82, 2.24) is 4.90 Å². The van der Waals surface area contributed by atoms with Gasteiger partial charge in [0.2, 0.25) is 0 Å². The van der Waals surface area contributed by atoms with E-state index in [2.05, 4.69) is 44.6 Å². The van der Waals surface area contributed by atoms with Crippen LogP contribution < -0.4 is 4.90 Å². The summed E-state index contributed by atoms with van der Waals surface area (Å²) in [6.45, 7) is 8.70. The molecule has 6 heteroatoms. The van der Waals surface area contributed by atoms with E-state index in [1.165, 1.54) is 4.90 Å². The third kappa shape index (κ3) is 2.74. The van der Waals surface area contributed by atoms with Gasteiger partial charge in [-0.15, -0.1) is 0 Å². The van der Waals surface area contributed by atoms with Gasteiger partial charge in [-0.25, -0.2) is 9.69 Å². The summed E-state index contributed by atoms with van der Waals surface area (Å²) in [6.07, 6.45) is 0.948. The summed E-state index contributed by atoms with van der Waals surface area (Å²) < 4.78 is 6.01. The molecule has 3 rings (SSSR count). The van der Waals surface area contributed by atoms with E-state index in [1.807, 2.05) is 18.2 Å². The molecule has 0 bridgehead atoms. The molecule has 136 valence electrons. The Morgan fingerprint density at radius 1 is 1.12 bits per heavy atom. The fraction of sp³-hybridized carbons (Fsp3) is 0.579. The van der Waals surface area contributed by atoms with Crippen LogP contribution in [-0.2, 0) is 4.74 Å². The number of likely N-dealkylation sites (tertiary alicyclic amines) is 1. The zero-order valence-electron chi connectivity index (χ0n) is 15.8. The Labute approximate surface area is 154 Å². The van der Waals surface area contributed by atoms with Crippen molar-refractivity contribution in [2.45, 2.75) is 57.2 Å². The van der Waals surface area contributed by atoms with Crippen LogP contribution in [0.2, 0.25) is 5.02 Å². The van der Waals surface area contributed by atoms with Crippen LogP contribution >= 0.6 is 11.6 Å². The first-order chi connectivity index (χ1) is 11.5. The molecule has 0 saturated carbocycles. The number of anilines is 1. The minimum atomic E-state index is -0.746. The van der Waals surface area contributed by atoms with Gasteiger partial charge in [0.15, 0.2) is 11.4 Å². The lowest BCUT2D eigenvalue weighted by molar-refractivity contribution is -0.0862. The minimum Gasteiger partial charge on any atom is -0.434 e. The first-order valence-corrected chi connectivity index (χ1v) is 8.91. The number of piperidine rings is 1. The summed E-state index contributed by atoms with van der Waals surface area (Å²) in [5.41, 5.74) is -0.422. The second-order valence-corrected chi connectivity index (χ2v) is 8.64. The largest absolute Gasteiger partial charge is 0.434 e. The second kappa shape index (κ2) is 5.71. The third-order valence-corrected chi connectivity index (χ3v) is 5.96. The summed E-state index contributed by atoms with van der Waals surface area (Å²) in [5.74, 6) is 0.639. The van der Waals surface area contributed by atoms with Crippen LogP contribution in [-0.4, -0.2) is 47.6 Å². The quantitative estimate of drug-likeness (QED) is 0.745. The van der Waals surface area contributed by atoms with Crippen LogP contribution in [0.25, 0.3) is 0 Å².